The Hall–Kier alpha value is -3.10. The third-order valence-corrected chi connectivity index (χ3v) is 9.58. The fraction of sp³-hybridized carbons (Fsp3) is 0.516. The van der Waals surface area contributed by atoms with Crippen LogP contribution in [0.1, 0.15) is 63.5 Å². The normalized spacial score (nSPS) is 26.1. The molecule has 4 aromatic rings. The molecule has 4 aromatic heterocycles. The van der Waals surface area contributed by atoms with Crippen LogP contribution < -0.4 is 0 Å². The van der Waals surface area contributed by atoms with E-state index in [2.05, 4.69) is 75.3 Å². The lowest BCUT2D eigenvalue weighted by atomic mass is 9.43. The van der Waals surface area contributed by atoms with E-state index in [0.29, 0.717) is 18.0 Å². The number of fused-ring (bicyclic) bond motifs is 1. The van der Waals surface area contributed by atoms with Crippen molar-refractivity contribution >= 4 is 11.0 Å². The molecule has 8 rings (SSSR count). The Bertz CT molecular complexity index is 1460. The van der Waals surface area contributed by atoms with E-state index in [1.165, 1.54) is 25.1 Å². The maximum absolute atomic E-state index is 12.8. The van der Waals surface area contributed by atoms with Crippen LogP contribution in [0, 0.1) is 0 Å². The van der Waals surface area contributed by atoms with Gasteiger partial charge in [-0.2, -0.15) is 0 Å². The number of nitrogens with zero attached hydrogens (tertiary/aromatic N) is 7. The zero-order valence-electron chi connectivity index (χ0n) is 23.2. The first-order chi connectivity index (χ1) is 18.9. The summed E-state index contributed by atoms with van der Waals surface area (Å²) in [6.45, 7) is 11.1. The first kappa shape index (κ1) is 24.9. The molecule has 5 heterocycles. The summed E-state index contributed by atoms with van der Waals surface area (Å²) in [4.78, 5) is 19.5. The molecule has 1 unspecified atom stereocenters. The van der Waals surface area contributed by atoms with Crippen molar-refractivity contribution in [2.45, 2.75) is 63.1 Å². The highest BCUT2D eigenvalue weighted by atomic mass is 19.1. The fourth-order valence-corrected chi connectivity index (χ4v) is 7.43. The van der Waals surface area contributed by atoms with E-state index >= 15 is 0 Å². The van der Waals surface area contributed by atoms with Gasteiger partial charge in [0.2, 0.25) is 0 Å². The molecule has 1 saturated heterocycles. The minimum atomic E-state index is -0.243. The van der Waals surface area contributed by atoms with E-state index in [9.17, 15) is 4.39 Å². The van der Waals surface area contributed by atoms with Gasteiger partial charge in [0, 0.05) is 74.5 Å². The van der Waals surface area contributed by atoms with Gasteiger partial charge >= 0.3 is 0 Å². The van der Waals surface area contributed by atoms with Crippen LogP contribution in [0.2, 0.25) is 0 Å². The highest BCUT2D eigenvalue weighted by Crippen LogP contribution is 2.68. The summed E-state index contributed by atoms with van der Waals surface area (Å²) in [5, 5.41) is 0. The molecule has 8 heteroatoms. The largest absolute Gasteiger partial charge is 0.337 e. The highest BCUT2D eigenvalue weighted by Gasteiger charge is 2.71. The lowest BCUT2D eigenvalue weighted by Crippen LogP contribution is -2.80. The smallest absolute Gasteiger partial charge is 0.112 e. The zero-order chi connectivity index (χ0) is 26.8. The van der Waals surface area contributed by atoms with Crippen molar-refractivity contribution in [3.05, 3.63) is 66.6 Å². The van der Waals surface area contributed by atoms with Gasteiger partial charge < -0.3 is 9.13 Å². The zero-order valence-corrected chi connectivity index (χ0v) is 23.2. The molecule has 39 heavy (non-hydrogen) atoms. The van der Waals surface area contributed by atoms with Crippen LogP contribution in [0.25, 0.3) is 22.3 Å². The second kappa shape index (κ2) is 9.24. The topological polar surface area (TPSA) is 55.0 Å². The second-order valence-electron chi connectivity index (χ2n) is 12.3. The minimum absolute atomic E-state index is 0.111. The number of rotatable bonds is 8. The van der Waals surface area contributed by atoms with Crippen LogP contribution in [0.15, 0.2) is 55.1 Å². The fourth-order valence-electron chi connectivity index (χ4n) is 7.43. The molecule has 0 amide bonds. The minimum Gasteiger partial charge on any atom is -0.337 e. The van der Waals surface area contributed by atoms with Crippen LogP contribution in [0.3, 0.4) is 0 Å². The summed E-state index contributed by atoms with van der Waals surface area (Å²) in [5.41, 5.74) is 5.70. The molecule has 3 saturated carbocycles. The number of hydrogen-bond donors (Lipinski definition) is 0. The van der Waals surface area contributed by atoms with Crippen molar-refractivity contribution in [3.8, 4) is 11.3 Å². The predicted molar refractivity (Wildman–Crippen MR) is 152 cm³/mol. The Morgan fingerprint density at radius 1 is 0.974 bits per heavy atom. The Labute approximate surface area is 229 Å². The lowest BCUT2D eigenvalue weighted by molar-refractivity contribution is -0.214. The number of pyridine rings is 2. The summed E-state index contributed by atoms with van der Waals surface area (Å²) < 4.78 is 17.5. The predicted octanol–water partition coefficient (Wildman–Crippen LogP) is 5.25. The first-order valence-corrected chi connectivity index (χ1v) is 14.4. The number of aromatic nitrogens is 5. The molecule has 204 valence electrons. The summed E-state index contributed by atoms with van der Waals surface area (Å²) in [6, 6.07) is 10.5. The molecule has 4 aliphatic rings. The third-order valence-electron chi connectivity index (χ3n) is 9.58. The molecule has 7 nitrogen and oxygen atoms in total. The number of piperazine rings is 1. The van der Waals surface area contributed by atoms with Gasteiger partial charge in [0.25, 0.3) is 0 Å². The second-order valence-corrected chi connectivity index (χ2v) is 12.3. The van der Waals surface area contributed by atoms with Gasteiger partial charge in [0.1, 0.15) is 12.5 Å². The van der Waals surface area contributed by atoms with Gasteiger partial charge in [-0.3, -0.25) is 19.8 Å². The van der Waals surface area contributed by atoms with Crippen molar-refractivity contribution in [2.75, 3.05) is 39.4 Å². The third kappa shape index (κ3) is 3.94. The first-order valence-electron chi connectivity index (χ1n) is 14.4. The van der Waals surface area contributed by atoms with E-state index in [4.69, 9.17) is 9.97 Å². The summed E-state index contributed by atoms with van der Waals surface area (Å²) in [5.74, 6) is 1.51. The monoisotopic (exact) mass is 527 g/mol. The van der Waals surface area contributed by atoms with Crippen molar-refractivity contribution in [2.24, 2.45) is 0 Å². The Kier molecular flexibility index (Phi) is 5.90. The molecule has 4 fully saturated rings. The maximum Gasteiger partial charge on any atom is 0.112 e. The van der Waals surface area contributed by atoms with E-state index in [-0.39, 0.29) is 18.3 Å². The molecule has 0 aromatic carbocycles. The van der Waals surface area contributed by atoms with E-state index in [1.807, 2.05) is 24.5 Å². The molecular weight excluding hydrogens is 489 g/mol. The van der Waals surface area contributed by atoms with Gasteiger partial charge in [-0.05, 0) is 50.5 Å². The average Bonchev–Trinajstić information content (AvgIpc) is 3.53. The lowest BCUT2D eigenvalue weighted by Gasteiger charge is -2.75. The molecule has 1 aliphatic heterocycles. The summed E-state index contributed by atoms with van der Waals surface area (Å²) in [6.07, 6.45) is 11.8. The van der Waals surface area contributed by atoms with Gasteiger partial charge in [-0.15, -0.1) is 0 Å². The molecule has 0 radical (unpaired) electrons. The Morgan fingerprint density at radius 2 is 1.77 bits per heavy atom. The van der Waals surface area contributed by atoms with Crippen LogP contribution in [-0.2, 0) is 5.54 Å². The van der Waals surface area contributed by atoms with Crippen molar-refractivity contribution in [1.29, 1.82) is 0 Å². The molecule has 2 bridgehead atoms. The number of alkyl halides is 1. The summed E-state index contributed by atoms with van der Waals surface area (Å²) in [7, 11) is 0. The molecular formula is C31H38FN7. The number of hydrogen-bond acceptors (Lipinski definition) is 5. The Morgan fingerprint density at radius 3 is 2.46 bits per heavy atom. The van der Waals surface area contributed by atoms with Crippen molar-refractivity contribution in [3.63, 3.8) is 0 Å². The molecule has 3 aliphatic carbocycles. The molecule has 1 atom stereocenters. The average molecular weight is 528 g/mol. The van der Waals surface area contributed by atoms with E-state index in [0.717, 1.165) is 54.2 Å². The Balaban J connectivity index is 1.15. The quantitative estimate of drug-likeness (QED) is 0.313. The standard InChI is InChI=1S/C31H38FN7/c1-22(2)29-35-27(18-39(29)31-19-30(20-31,21-31)37-14-12-36(11-8-32)13-15-37)24-16-28-26(34-17-24)7-10-38(28)23(3)25-6-4-5-9-33-25/h4-7,9-10,16-18,22-23H,8,11-15,19-21H2,1-3H3. The number of halogens is 1. The van der Waals surface area contributed by atoms with Crippen LogP contribution in [0.5, 0.6) is 0 Å². The van der Waals surface area contributed by atoms with Crippen molar-refractivity contribution in [1.82, 2.24) is 33.9 Å². The van der Waals surface area contributed by atoms with Crippen LogP contribution in [-0.4, -0.2) is 78.8 Å². The highest BCUT2D eigenvalue weighted by molar-refractivity contribution is 5.81. The molecule has 0 spiro atoms. The van der Waals surface area contributed by atoms with Crippen molar-refractivity contribution < 1.29 is 4.39 Å². The van der Waals surface area contributed by atoms with Crippen LogP contribution in [0.4, 0.5) is 4.39 Å². The maximum atomic E-state index is 12.8. The SMILES string of the molecule is CC(C)c1nc(-c2cnc3ccn(C(C)c4ccccn4)c3c2)cn1C12CC(N3CCN(CCF)CC3)(C1)C2. The van der Waals surface area contributed by atoms with Gasteiger partial charge in [-0.25, -0.2) is 9.37 Å². The summed E-state index contributed by atoms with van der Waals surface area (Å²) >= 11 is 0. The molecule has 0 N–H and O–H groups in total. The van der Waals surface area contributed by atoms with Gasteiger partial charge in [-0.1, -0.05) is 19.9 Å². The number of imidazole rings is 1. The van der Waals surface area contributed by atoms with Gasteiger partial charge in [0.05, 0.1) is 34.0 Å². The van der Waals surface area contributed by atoms with E-state index < -0.39 is 0 Å². The van der Waals surface area contributed by atoms with Crippen LogP contribution >= 0.6 is 0 Å². The van der Waals surface area contributed by atoms with Gasteiger partial charge in [0.15, 0.2) is 0 Å². The van der Waals surface area contributed by atoms with E-state index in [1.54, 1.807) is 0 Å².